The van der Waals surface area contributed by atoms with Gasteiger partial charge in [0.25, 0.3) is 0 Å². The van der Waals surface area contributed by atoms with E-state index in [1.807, 2.05) is 43.3 Å². The average Bonchev–Trinajstić information content (AvgIpc) is 2.32. The fraction of sp³-hybridized carbons (Fsp3) is 0.200. The van der Waals surface area contributed by atoms with E-state index >= 15 is 0 Å². The molecule has 2 rings (SSSR count). The van der Waals surface area contributed by atoms with Gasteiger partial charge in [-0.3, -0.25) is 0 Å². The van der Waals surface area contributed by atoms with E-state index in [0.717, 1.165) is 25.8 Å². The molecule has 0 saturated carbocycles. The van der Waals surface area contributed by atoms with Crippen LogP contribution in [0.1, 0.15) is 24.2 Å². The molecule has 19 heavy (non-hydrogen) atoms. The van der Waals surface area contributed by atoms with Crippen molar-refractivity contribution in [3.05, 3.63) is 56.5 Å². The zero-order valence-electron chi connectivity index (χ0n) is 10.7. The van der Waals surface area contributed by atoms with Crippen LogP contribution in [0.15, 0.2) is 45.3 Å². The minimum Gasteiger partial charge on any atom is -0.456 e. The fourth-order valence-electron chi connectivity index (χ4n) is 1.75. The normalized spacial score (nSPS) is 12.3. The Hall–Kier alpha value is -0.840. The summed E-state index contributed by atoms with van der Waals surface area (Å²) in [5.41, 5.74) is 1.92. The SMILES string of the molecule is Cc1ccc(Oc2cc(Br)ccc2C(C)O)c(Br)c1. The Labute approximate surface area is 129 Å². The van der Waals surface area contributed by atoms with Crippen LogP contribution in [0.2, 0.25) is 0 Å². The van der Waals surface area contributed by atoms with E-state index in [1.165, 1.54) is 0 Å². The third-order valence-electron chi connectivity index (χ3n) is 2.73. The second-order valence-electron chi connectivity index (χ2n) is 4.39. The van der Waals surface area contributed by atoms with Crippen molar-refractivity contribution in [2.45, 2.75) is 20.0 Å². The second kappa shape index (κ2) is 6.07. The van der Waals surface area contributed by atoms with Crippen LogP contribution in [0.4, 0.5) is 0 Å². The van der Waals surface area contributed by atoms with Crippen LogP contribution in [0.3, 0.4) is 0 Å². The molecule has 0 aliphatic rings. The number of hydrogen-bond donors (Lipinski definition) is 1. The standard InChI is InChI=1S/C15H14Br2O2/c1-9-3-6-14(13(17)7-9)19-15-8-11(16)4-5-12(15)10(2)18/h3-8,10,18H,1-2H3. The van der Waals surface area contributed by atoms with E-state index in [4.69, 9.17) is 4.74 Å². The van der Waals surface area contributed by atoms with E-state index in [1.54, 1.807) is 6.92 Å². The molecule has 0 fully saturated rings. The highest BCUT2D eigenvalue weighted by Crippen LogP contribution is 2.35. The molecular weight excluding hydrogens is 372 g/mol. The Morgan fingerprint density at radius 2 is 1.79 bits per heavy atom. The average molecular weight is 386 g/mol. The summed E-state index contributed by atoms with van der Waals surface area (Å²) in [6.45, 7) is 3.75. The molecule has 0 saturated heterocycles. The van der Waals surface area contributed by atoms with Crippen LogP contribution in [0, 0.1) is 6.92 Å². The molecule has 0 aromatic heterocycles. The molecule has 4 heteroatoms. The van der Waals surface area contributed by atoms with Gasteiger partial charge in [0.05, 0.1) is 10.6 Å². The summed E-state index contributed by atoms with van der Waals surface area (Å²) in [7, 11) is 0. The molecule has 2 aromatic carbocycles. The Bertz CT molecular complexity index is 595. The Morgan fingerprint density at radius 3 is 2.42 bits per heavy atom. The number of aryl methyl sites for hydroxylation is 1. The topological polar surface area (TPSA) is 29.5 Å². The van der Waals surface area contributed by atoms with Crippen molar-refractivity contribution in [1.29, 1.82) is 0 Å². The number of hydrogen-bond acceptors (Lipinski definition) is 2. The maximum atomic E-state index is 9.78. The monoisotopic (exact) mass is 384 g/mol. The second-order valence-corrected chi connectivity index (χ2v) is 6.16. The maximum absolute atomic E-state index is 9.78. The molecule has 0 aliphatic heterocycles. The number of rotatable bonds is 3. The Kier molecular flexibility index (Phi) is 4.66. The van der Waals surface area contributed by atoms with Gasteiger partial charge in [0.2, 0.25) is 0 Å². The van der Waals surface area contributed by atoms with E-state index in [0.29, 0.717) is 5.75 Å². The number of halogens is 2. The Balaban J connectivity index is 2.39. The van der Waals surface area contributed by atoms with Gasteiger partial charge in [-0.2, -0.15) is 0 Å². The van der Waals surface area contributed by atoms with Gasteiger partial charge in [0.1, 0.15) is 11.5 Å². The zero-order chi connectivity index (χ0) is 14.0. The zero-order valence-corrected chi connectivity index (χ0v) is 13.8. The summed E-state index contributed by atoms with van der Waals surface area (Å²) in [5, 5.41) is 9.78. The number of ether oxygens (including phenoxy) is 1. The summed E-state index contributed by atoms with van der Waals surface area (Å²) in [5.74, 6) is 1.37. The molecule has 2 aromatic rings. The van der Waals surface area contributed by atoms with Gasteiger partial charge >= 0.3 is 0 Å². The molecule has 0 aliphatic carbocycles. The quantitative estimate of drug-likeness (QED) is 0.769. The lowest BCUT2D eigenvalue weighted by Crippen LogP contribution is -1.96. The van der Waals surface area contributed by atoms with Gasteiger partial charge in [-0.05, 0) is 59.6 Å². The van der Waals surface area contributed by atoms with Crippen LogP contribution >= 0.6 is 31.9 Å². The highest BCUT2D eigenvalue weighted by Gasteiger charge is 2.12. The first kappa shape index (κ1) is 14.6. The first-order valence-electron chi connectivity index (χ1n) is 5.89. The summed E-state index contributed by atoms with van der Waals surface area (Å²) >= 11 is 6.90. The first-order chi connectivity index (χ1) is 8.97. The van der Waals surface area contributed by atoms with Crippen molar-refractivity contribution >= 4 is 31.9 Å². The van der Waals surface area contributed by atoms with E-state index in [2.05, 4.69) is 31.9 Å². The lowest BCUT2D eigenvalue weighted by molar-refractivity contribution is 0.195. The number of aliphatic hydroxyl groups excluding tert-OH is 1. The van der Waals surface area contributed by atoms with Crippen molar-refractivity contribution < 1.29 is 9.84 Å². The molecule has 1 unspecified atom stereocenters. The van der Waals surface area contributed by atoms with Crippen LogP contribution in [0.5, 0.6) is 11.5 Å². The fourth-order valence-corrected chi connectivity index (χ4v) is 2.66. The molecule has 0 spiro atoms. The van der Waals surface area contributed by atoms with Gasteiger partial charge in [-0.1, -0.05) is 28.1 Å². The predicted octanol–water partition coefficient (Wildman–Crippen LogP) is 5.37. The lowest BCUT2D eigenvalue weighted by atomic mass is 10.1. The largest absolute Gasteiger partial charge is 0.456 e. The van der Waals surface area contributed by atoms with E-state index in [-0.39, 0.29) is 0 Å². The Morgan fingerprint density at radius 1 is 1.05 bits per heavy atom. The number of aliphatic hydroxyl groups is 1. The molecule has 0 amide bonds. The van der Waals surface area contributed by atoms with Crippen LogP contribution in [0.25, 0.3) is 0 Å². The minimum absolute atomic E-state index is 0.577. The smallest absolute Gasteiger partial charge is 0.141 e. The predicted molar refractivity (Wildman–Crippen MR) is 83.7 cm³/mol. The molecule has 1 N–H and O–H groups in total. The van der Waals surface area contributed by atoms with Gasteiger partial charge in [-0.15, -0.1) is 0 Å². The summed E-state index contributed by atoms with van der Waals surface area (Å²) in [6, 6.07) is 11.5. The summed E-state index contributed by atoms with van der Waals surface area (Å²) in [4.78, 5) is 0. The van der Waals surface area contributed by atoms with Crippen molar-refractivity contribution in [3.8, 4) is 11.5 Å². The molecule has 100 valence electrons. The van der Waals surface area contributed by atoms with Gasteiger partial charge in [0, 0.05) is 10.0 Å². The number of benzene rings is 2. The van der Waals surface area contributed by atoms with Crippen LogP contribution in [-0.4, -0.2) is 5.11 Å². The molecule has 0 radical (unpaired) electrons. The summed E-state index contributed by atoms with van der Waals surface area (Å²) < 4.78 is 7.71. The maximum Gasteiger partial charge on any atom is 0.141 e. The highest BCUT2D eigenvalue weighted by atomic mass is 79.9. The van der Waals surface area contributed by atoms with Crippen molar-refractivity contribution in [2.24, 2.45) is 0 Å². The van der Waals surface area contributed by atoms with Crippen molar-refractivity contribution in [3.63, 3.8) is 0 Å². The minimum atomic E-state index is -0.577. The molecule has 0 heterocycles. The van der Waals surface area contributed by atoms with Gasteiger partial charge < -0.3 is 9.84 Å². The van der Waals surface area contributed by atoms with Crippen molar-refractivity contribution in [1.82, 2.24) is 0 Å². The third kappa shape index (κ3) is 3.59. The van der Waals surface area contributed by atoms with Crippen LogP contribution in [-0.2, 0) is 0 Å². The van der Waals surface area contributed by atoms with Gasteiger partial charge in [-0.25, -0.2) is 0 Å². The first-order valence-corrected chi connectivity index (χ1v) is 7.47. The molecule has 0 bridgehead atoms. The molecule has 1 atom stereocenters. The summed E-state index contributed by atoms with van der Waals surface area (Å²) in [6.07, 6.45) is -0.577. The third-order valence-corrected chi connectivity index (χ3v) is 3.85. The molecular formula is C15H14Br2O2. The van der Waals surface area contributed by atoms with E-state index < -0.39 is 6.10 Å². The van der Waals surface area contributed by atoms with Gasteiger partial charge in [0.15, 0.2) is 0 Å². The van der Waals surface area contributed by atoms with E-state index in [9.17, 15) is 5.11 Å². The highest BCUT2D eigenvalue weighted by molar-refractivity contribution is 9.10. The molecule has 2 nitrogen and oxygen atoms in total. The van der Waals surface area contributed by atoms with Crippen LogP contribution < -0.4 is 4.74 Å². The van der Waals surface area contributed by atoms with Crippen molar-refractivity contribution in [2.75, 3.05) is 0 Å². The lowest BCUT2D eigenvalue weighted by Gasteiger charge is -2.14.